The summed E-state index contributed by atoms with van der Waals surface area (Å²) in [5.74, 6) is 0. The van der Waals surface area contributed by atoms with Crippen LogP contribution in [0, 0.1) is 6.92 Å². The van der Waals surface area contributed by atoms with E-state index in [1.807, 2.05) is 12.3 Å². The summed E-state index contributed by atoms with van der Waals surface area (Å²) in [6.45, 7) is 2.14. The van der Waals surface area contributed by atoms with E-state index in [2.05, 4.69) is 60.4 Å². The summed E-state index contributed by atoms with van der Waals surface area (Å²) in [6, 6.07) is 19.3. The summed E-state index contributed by atoms with van der Waals surface area (Å²) in [5.41, 5.74) is 2.38. The number of aryl methyl sites for hydroxylation is 1. The van der Waals surface area contributed by atoms with Crippen molar-refractivity contribution in [3.05, 3.63) is 66.4 Å². The van der Waals surface area contributed by atoms with Gasteiger partial charge < -0.3 is 0 Å². The molecule has 0 N–H and O–H groups in total. The van der Waals surface area contributed by atoms with Crippen LogP contribution in [0.2, 0.25) is 0 Å². The van der Waals surface area contributed by atoms with Gasteiger partial charge in [0.05, 0.1) is 5.52 Å². The Labute approximate surface area is 111 Å². The third-order valence-corrected chi connectivity index (χ3v) is 3.75. The van der Waals surface area contributed by atoms with Gasteiger partial charge in [-0.25, -0.2) is 0 Å². The third-order valence-electron chi connectivity index (χ3n) is 3.75. The Balaban J connectivity index is 2.43. The van der Waals surface area contributed by atoms with Crippen molar-refractivity contribution in [3.8, 4) is 0 Å². The van der Waals surface area contributed by atoms with Gasteiger partial charge in [-0.3, -0.25) is 4.98 Å². The number of pyridine rings is 1. The Hall–Kier alpha value is -2.41. The van der Waals surface area contributed by atoms with Crippen molar-refractivity contribution in [2.75, 3.05) is 0 Å². The summed E-state index contributed by atoms with van der Waals surface area (Å²) in [6.07, 6.45) is 1.87. The van der Waals surface area contributed by atoms with Crippen molar-refractivity contribution in [2.45, 2.75) is 6.92 Å². The van der Waals surface area contributed by atoms with Gasteiger partial charge in [-0.15, -0.1) is 0 Å². The van der Waals surface area contributed by atoms with E-state index in [0.717, 1.165) is 5.52 Å². The number of hydrogen-bond donors (Lipinski definition) is 0. The smallest absolute Gasteiger partial charge is 0.0786 e. The molecule has 4 aromatic rings. The van der Waals surface area contributed by atoms with Crippen LogP contribution in [0.4, 0.5) is 0 Å². The van der Waals surface area contributed by atoms with Gasteiger partial charge in [-0.1, -0.05) is 54.1 Å². The van der Waals surface area contributed by atoms with Crippen LogP contribution in [0.15, 0.2) is 60.8 Å². The fraction of sp³-hybridized carbons (Fsp3) is 0.0556. The molecule has 0 unspecified atom stereocenters. The lowest BCUT2D eigenvalue weighted by Crippen LogP contribution is -1.85. The molecule has 3 aromatic carbocycles. The van der Waals surface area contributed by atoms with Crippen molar-refractivity contribution in [2.24, 2.45) is 0 Å². The molecule has 1 nitrogen and oxygen atoms in total. The highest BCUT2D eigenvalue weighted by atomic mass is 14.6. The molecule has 0 saturated heterocycles. The average Bonchev–Trinajstić information content (AvgIpc) is 2.47. The molecule has 0 atom stereocenters. The summed E-state index contributed by atoms with van der Waals surface area (Å²) in [7, 11) is 0. The van der Waals surface area contributed by atoms with Gasteiger partial charge in [-0.05, 0) is 29.1 Å². The number of nitrogens with zero attached hydrogens (tertiary/aromatic N) is 1. The number of fused-ring (bicyclic) bond motifs is 6. The third kappa shape index (κ3) is 1.45. The van der Waals surface area contributed by atoms with Gasteiger partial charge in [0.25, 0.3) is 0 Å². The number of hydrogen-bond acceptors (Lipinski definition) is 1. The maximum atomic E-state index is 4.58. The van der Waals surface area contributed by atoms with Crippen LogP contribution in [-0.4, -0.2) is 4.98 Å². The van der Waals surface area contributed by atoms with Crippen LogP contribution in [0.5, 0.6) is 0 Å². The normalized spacial score (nSPS) is 11.4. The van der Waals surface area contributed by atoms with Crippen molar-refractivity contribution in [3.63, 3.8) is 0 Å². The first-order valence-corrected chi connectivity index (χ1v) is 6.50. The maximum Gasteiger partial charge on any atom is 0.0786 e. The largest absolute Gasteiger partial charge is 0.256 e. The predicted octanol–water partition coefficient (Wildman–Crippen LogP) is 4.85. The van der Waals surface area contributed by atoms with Gasteiger partial charge in [0.1, 0.15) is 0 Å². The van der Waals surface area contributed by atoms with Gasteiger partial charge in [0, 0.05) is 17.0 Å². The Morgan fingerprint density at radius 2 is 1.37 bits per heavy atom. The minimum absolute atomic E-state index is 1.09. The molecule has 0 amide bonds. The lowest BCUT2D eigenvalue weighted by Gasteiger charge is -2.09. The van der Waals surface area contributed by atoms with Crippen LogP contribution in [0.25, 0.3) is 32.4 Å². The number of aromatic nitrogens is 1. The van der Waals surface area contributed by atoms with Crippen LogP contribution >= 0.6 is 0 Å². The zero-order valence-corrected chi connectivity index (χ0v) is 10.7. The topological polar surface area (TPSA) is 12.9 Å². The SMILES string of the molecule is Cc1ccc2c(c1)c1ccccc1c1ncccc21. The first-order valence-electron chi connectivity index (χ1n) is 6.50. The minimum Gasteiger partial charge on any atom is -0.256 e. The van der Waals surface area contributed by atoms with E-state index in [1.165, 1.54) is 32.5 Å². The molecule has 19 heavy (non-hydrogen) atoms. The second kappa shape index (κ2) is 3.79. The van der Waals surface area contributed by atoms with E-state index < -0.39 is 0 Å². The van der Waals surface area contributed by atoms with Gasteiger partial charge in [0.15, 0.2) is 0 Å². The van der Waals surface area contributed by atoms with Crippen molar-refractivity contribution in [1.29, 1.82) is 0 Å². The highest BCUT2D eigenvalue weighted by Gasteiger charge is 2.08. The first kappa shape index (κ1) is 10.5. The Morgan fingerprint density at radius 1 is 0.684 bits per heavy atom. The molecular weight excluding hydrogens is 230 g/mol. The van der Waals surface area contributed by atoms with Crippen LogP contribution in [0.3, 0.4) is 0 Å². The Kier molecular flexibility index (Phi) is 2.10. The highest BCUT2D eigenvalue weighted by Crippen LogP contribution is 2.33. The highest BCUT2D eigenvalue weighted by molar-refractivity contribution is 6.24. The van der Waals surface area contributed by atoms with E-state index in [9.17, 15) is 0 Å². The summed E-state index contributed by atoms with van der Waals surface area (Å²) < 4.78 is 0. The van der Waals surface area contributed by atoms with Crippen molar-refractivity contribution < 1.29 is 0 Å². The number of rotatable bonds is 0. The zero-order chi connectivity index (χ0) is 12.8. The maximum absolute atomic E-state index is 4.58. The van der Waals surface area contributed by atoms with E-state index in [1.54, 1.807) is 0 Å². The lowest BCUT2D eigenvalue weighted by molar-refractivity contribution is 1.43. The molecule has 0 spiro atoms. The standard InChI is InChI=1S/C18H13N/c1-12-8-9-14-16-7-4-10-19-18(16)15-6-3-2-5-13(15)17(14)11-12/h2-11H,1H3. The van der Waals surface area contributed by atoms with E-state index >= 15 is 0 Å². The minimum atomic E-state index is 1.09. The van der Waals surface area contributed by atoms with Gasteiger partial charge in [-0.2, -0.15) is 0 Å². The van der Waals surface area contributed by atoms with Crippen LogP contribution in [0.1, 0.15) is 5.56 Å². The fourth-order valence-corrected chi connectivity index (χ4v) is 2.88. The van der Waals surface area contributed by atoms with Crippen LogP contribution in [-0.2, 0) is 0 Å². The second-order valence-electron chi connectivity index (χ2n) is 4.99. The zero-order valence-electron chi connectivity index (χ0n) is 10.7. The number of benzene rings is 3. The predicted molar refractivity (Wildman–Crippen MR) is 81.5 cm³/mol. The molecule has 1 heteroatoms. The van der Waals surface area contributed by atoms with E-state index in [0.29, 0.717) is 0 Å². The Bertz CT molecular complexity index is 887. The van der Waals surface area contributed by atoms with Crippen molar-refractivity contribution >= 4 is 32.4 Å². The summed E-state index contributed by atoms with van der Waals surface area (Å²) >= 11 is 0. The summed E-state index contributed by atoms with van der Waals surface area (Å²) in [4.78, 5) is 4.58. The van der Waals surface area contributed by atoms with Crippen LogP contribution < -0.4 is 0 Å². The molecule has 1 aromatic heterocycles. The average molecular weight is 243 g/mol. The van der Waals surface area contributed by atoms with E-state index in [-0.39, 0.29) is 0 Å². The molecular formula is C18H13N. The molecule has 0 aliphatic rings. The molecule has 1 heterocycles. The first-order chi connectivity index (χ1) is 9.34. The molecule has 0 bridgehead atoms. The fourth-order valence-electron chi connectivity index (χ4n) is 2.88. The van der Waals surface area contributed by atoms with Gasteiger partial charge >= 0.3 is 0 Å². The molecule has 0 aliphatic carbocycles. The molecule has 4 rings (SSSR count). The van der Waals surface area contributed by atoms with E-state index in [4.69, 9.17) is 0 Å². The molecule has 0 aliphatic heterocycles. The monoisotopic (exact) mass is 243 g/mol. The quantitative estimate of drug-likeness (QED) is 0.402. The summed E-state index contributed by atoms with van der Waals surface area (Å²) in [5, 5.41) is 6.35. The molecule has 0 saturated carbocycles. The molecule has 0 radical (unpaired) electrons. The lowest BCUT2D eigenvalue weighted by atomic mass is 9.96. The molecule has 0 fully saturated rings. The van der Waals surface area contributed by atoms with Crippen molar-refractivity contribution in [1.82, 2.24) is 4.98 Å². The second-order valence-corrected chi connectivity index (χ2v) is 4.99. The Morgan fingerprint density at radius 3 is 2.21 bits per heavy atom. The molecule has 90 valence electrons. The van der Waals surface area contributed by atoms with Gasteiger partial charge in [0.2, 0.25) is 0 Å².